The van der Waals surface area contributed by atoms with Crippen LogP contribution >= 0.6 is 0 Å². The van der Waals surface area contributed by atoms with Crippen molar-refractivity contribution in [3.05, 3.63) is 0 Å². The molecular formula is C18H32N2O2. The summed E-state index contributed by atoms with van der Waals surface area (Å²) in [5, 5.41) is 6.73. The molecule has 2 aliphatic carbocycles. The molecule has 0 aromatic heterocycles. The Hall–Kier alpha value is -0.610. The average Bonchev–Trinajstić information content (AvgIpc) is 3.06. The molecule has 1 spiro atoms. The molecule has 0 aromatic carbocycles. The fourth-order valence-corrected chi connectivity index (χ4v) is 4.86. The van der Waals surface area contributed by atoms with Crippen molar-refractivity contribution in [2.24, 2.45) is 11.3 Å². The summed E-state index contributed by atoms with van der Waals surface area (Å²) in [5.74, 6) is 1.01. The van der Waals surface area contributed by atoms with Crippen molar-refractivity contribution in [1.82, 2.24) is 10.6 Å². The van der Waals surface area contributed by atoms with Crippen molar-refractivity contribution in [2.75, 3.05) is 19.7 Å². The molecule has 4 nitrogen and oxygen atoms in total. The number of hydrogen-bond donors (Lipinski definition) is 2. The van der Waals surface area contributed by atoms with Gasteiger partial charge in [0.2, 0.25) is 5.91 Å². The van der Waals surface area contributed by atoms with Crippen LogP contribution in [0, 0.1) is 11.3 Å². The fourth-order valence-electron chi connectivity index (χ4n) is 4.86. The molecule has 2 saturated carbocycles. The molecule has 1 aliphatic heterocycles. The molecule has 126 valence electrons. The third-order valence-electron chi connectivity index (χ3n) is 6.26. The average molecular weight is 308 g/mol. The highest BCUT2D eigenvalue weighted by Crippen LogP contribution is 2.54. The van der Waals surface area contributed by atoms with E-state index < -0.39 is 0 Å². The molecule has 4 heteroatoms. The minimum Gasteiger partial charge on any atom is -0.378 e. The highest BCUT2D eigenvalue weighted by atomic mass is 16.5. The summed E-state index contributed by atoms with van der Waals surface area (Å²) in [6, 6.07) is 0.368. The molecule has 1 heterocycles. The number of carbonyl (C=O) groups excluding carboxylic acids is 1. The lowest BCUT2D eigenvalue weighted by molar-refractivity contribution is -0.144. The summed E-state index contributed by atoms with van der Waals surface area (Å²) in [5.41, 5.74) is 0.264. The highest BCUT2D eigenvalue weighted by molar-refractivity contribution is 5.76. The Bertz CT molecular complexity index is 373. The largest absolute Gasteiger partial charge is 0.378 e. The van der Waals surface area contributed by atoms with E-state index in [-0.39, 0.29) is 11.3 Å². The second-order valence-electron chi connectivity index (χ2n) is 7.47. The number of amides is 1. The zero-order valence-electron chi connectivity index (χ0n) is 14.0. The number of carbonyl (C=O) groups is 1. The molecule has 3 aliphatic rings. The molecular weight excluding hydrogens is 276 g/mol. The summed E-state index contributed by atoms with van der Waals surface area (Å²) in [6.07, 6.45) is 10.7. The van der Waals surface area contributed by atoms with Crippen molar-refractivity contribution in [2.45, 2.75) is 76.9 Å². The molecule has 3 fully saturated rings. The Labute approximate surface area is 134 Å². The summed E-state index contributed by atoms with van der Waals surface area (Å²) in [4.78, 5) is 12.3. The standard InChI is InChI=1S/C18H32N2O2/c1-2-22-16-13-15(18(16)9-3-4-10-18)20-17(21)6-5-14-7-11-19-12-8-14/h14-16,19H,2-13H2,1H3,(H,20,21). The quantitative estimate of drug-likeness (QED) is 0.793. The SMILES string of the molecule is CCOC1CC(NC(=O)CCC2CCNCC2)C12CCCC2. The predicted octanol–water partition coefficient (Wildman–Crippen LogP) is 2.62. The first kappa shape index (κ1) is 16.3. The topological polar surface area (TPSA) is 50.4 Å². The fraction of sp³-hybridized carbons (Fsp3) is 0.944. The molecule has 2 atom stereocenters. The first-order valence-electron chi connectivity index (χ1n) is 9.36. The van der Waals surface area contributed by atoms with Gasteiger partial charge >= 0.3 is 0 Å². The van der Waals surface area contributed by atoms with Crippen molar-refractivity contribution < 1.29 is 9.53 Å². The van der Waals surface area contributed by atoms with Gasteiger partial charge in [0, 0.05) is 24.5 Å². The van der Waals surface area contributed by atoms with Gasteiger partial charge in [0.05, 0.1) is 6.10 Å². The van der Waals surface area contributed by atoms with Gasteiger partial charge in [0.15, 0.2) is 0 Å². The number of piperidine rings is 1. The van der Waals surface area contributed by atoms with Crippen molar-refractivity contribution >= 4 is 5.91 Å². The lowest BCUT2D eigenvalue weighted by atomic mass is 9.60. The van der Waals surface area contributed by atoms with E-state index in [4.69, 9.17) is 4.74 Å². The minimum absolute atomic E-state index is 0.264. The first-order chi connectivity index (χ1) is 10.7. The van der Waals surface area contributed by atoms with Crippen molar-refractivity contribution in [3.8, 4) is 0 Å². The van der Waals surface area contributed by atoms with Crippen LogP contribution < -0.4 is 10.6 Å². The molecule has 3 rings (SSSR count). The van der Waals surface area contributed by atoms with Gasteiger partial charge in [-0.25, -0.2) is 0 Å². The van der Waals surface area contributed by atoms with Crippen LogP contribution in [0.1, 0.15) is 64.7 Å². The van der Waals surface area contributed by atoms with E-state index in [1.807, 2.05) is 0 Å². The molecule has 22 heavy (non-hydrogen) atoms. The van der Waals surface area contributed by atoms with Gasteiger partial charge in [0.25, 0.3) is 0 Å². The molecule has 1 amide bonds. The van der Waals surface area contributed by atoms with E-state index in [9.17, 15) is 4.79 Å². The molecule has 2 N–H and O–H groups in total. The normalized spacial score (nSPS) is 31.1. The smallest absolute Gasteiger partial charge is 0.220 e. The van der Waals surface area contributed by atoms with Gasteiger partial charge in [0.1, 0.15) is 0 Å². The Morgan fingerprint density at radius 3 is 2.68 bits per heavy atom. The summed E-state index contributed by atoms with van der Waals surface area (Å²) >= 11 is 0. The Morgan fingerprint density at radius 2 is 2.00 bits per heavy atom. The Morgan fingerprint density at radius 1 is 1.27 bits per heavy atom. The number of nitrogens with one attached hydrogen (secondary N) is 2. The van der Waals surface area contributed by atoms with Gasteiger partial charge < -0.3 is 15.4 Å². The maximum Gasteiger partial charge on any atom is 0.220 e. The lowest BCUT2D eigenvalue weighted by Crippen LogP contribution is -2.63. The minimum atomic E-state index is 0.264. The number of ether oxygens (including phenoxy) is 1. The van der Waals surface area contributed by atoms with Gasteiger partial charge in [-0.05, 0) is 64.5 Å². The number of hydrogen-bond acceptors (Lipinski definition) is 3. The van der Waals surface area contributed by atoms with Crippen LogP contribution in [0.4, 0.5) is 0 Å². The second kappa shape index (κ2) is 7.31. The van der Waals surface area contributed by atoms with E-state index in [2.05, 4.69) is 17.6 Å². The lowest BCUT2D eigenvalue weighted by Gasteiger charge is -2.54. The van der Waals surface area contributed by atoms with Crippen molar-refractivity contribution in [1.29, 1.82) is 0 Å². The zero-order chi connectivity index (χ0) is 15.4. The highest BCUT2D eigenvalue weighted by Gasteiger charge is 2.57. The van der Waals surface area contributed by atoms with Gasteiger partial charge in [-0.1, -0.05) is 12.8 Å². The monoisotopic (exact) mass is 308 g/mol. The van der Waals surface area contributed by atoms with E-state index in [0.29, 0.717) is 18.6 Å². The van der Waals surface area contributed by atoms with E-state index in [0.717, 1.165) is 38.5 Å². The van der Waals surface area contributed by atoms with E-state index in [1.54, 1.807) is 0 Å². The summed E-state index contributed by atoms with van der Waals surface area (Å²) in [7, 11) is 0. The molecule has 0 bridgehead atoms. The van der Waals surface area contributed by atoms with Crippen LogP contribution in [-0.4, -0.2) is 37.7 Å². The third kappa shape index (κ3) is 3.33. The second-order valence-corrected chi connectivity index (χ2v) is 7.47. The van der Waals surface area contributed by atoms with Crippen LogP contribution in [-0.2, 0) is 9.53 Å². The molecule has 0 aromatic rings. The molecule has 0 radical (unpaired) electrons. The summed E-state index contributed by atoms with van der Waals surface area (Å²) < 4.78 is 5.92. The van der Waals surface area contributed by atoms with Crippen LogP contribution in [0.15, 0.2) is 0 Å². The van der Waals surface area contributed by atoms with Crippen LogP contribution in [0.3, 0.4) is 0 Å². The molecule has 2 unspecified atom stereocenters. The number of rotatable bonds is 6. The van der Waals surface area contributed by atoms with Crippen LogP contribution in [0.5, 0.6) is 0 Å². The van der Waals surface area contributed by atoms with Gasteiger partial charge in [-0.15, -0.1) is 0 Å². The third-order valence-corrected chi connectivity index (χ3v) is 6.26. The van der Waals surface area contributed by atoms with Crippen LogP contribution in [0.2, 0.25) is 0 Å². The van der Waals surface area contributed by atoms with Gasteiger partial charge in [-0.2, -0.15) is 0 Å². The Balaban J connectivity index is 1.45. The maximum atomic E-state index is 12.3. The van der Waals surface area contributed by atoms with E-state index >= 15 is 0 Å². The zero-order valence-corrected chi connectivity index (χ0v) is 14.0. The van der Waals surface area contributed by atoms with Gasteiger partial charge in [-0.3, -0.25) is 4.79 Å². The maximum absolute atomic E-state index is 12.3. The summed E-state index contributed by atoms with van der Waals surface area (Å²) in [6.45, 7) is 5.11. The van der Waals surface area contributed by atoms with Crippen LogP contribution in [0.25, 0.3) is 0 Å². The van der Waals surface area contributed by atoms with Crippen molar-refractivity contribution in [3.63, 3.8) is 0 Å². The first-order valence-corrected chi connectivity index (χ1v) is 9.36. The predicted molar refractivity (Wildman–Crippen MR) is 87.7 cm³/mol. The molecule has 1 saturated heterocycles. The van der Waals surface area contributed by atoms with E-state index in [1.165, 1.54) is 38.5 Å². The Kier molecular flexibility index (Phi) is 5.40.